The lowest BCUT2D eigenvalue weighted by Crippen LogP contribution is -2.32. The van der Waals surface area contributed by atoms with Gasteiger partial charge in [-0.15, -0.1) is 0 Å². The third-order valence-corrected chi connectivity index (χ3v) is 3.09. The summed E-state index contributed by atoms with van der Waals surface area (Å²) in [6.45, 7) is 3.22. The van der Waals surface area contributed by atoms with Gasteiger partial charge < -0.3 is 13.9 Å². The molecular formula is C12H18O3. The van der Waals surface area contributed by atoms with Crippen molar-refractivity contribution in [2.24, 2.45) is 0 Å². The highest BCUT2D eigenvalue weighted by molar-refractivity contribution is 5.27. The fourth-order valence-corrected chi connectivity index (χ4v) is 2.33. The highest BCUT2D eigenvalue weighted by Crippen LogP contribution is 2.37. The summed E-state index contributed by atoms with van der Waals surface area (Å²) in [6, 6.07) is 2.07. The number of hydrogen-bond donors (Lipinski definition) is 0. The van der Waals surface area contributed by atoms with Crippen LogP contribution in [0.4, 0.5) is 0 Å². The summed E-state index contributed by atoms with van der Waals surface area (Å²) in [4.78, 5) is 0. The van der Waals surface area contributed by atoms with Gasteiger partial charge in [-0.3, -0.25) is 0 Å². The van der Waals surface area contributed by atoms with E-state index >= 15 is 0 Å². The quantitative estimate of drug-likeness (QED) is 0.565. The van der Waals surface area contributed by atoms with Crippen LogP contribution < -0.4 is 0 Å². The molecule has 0 amide bonds. The first-order valence-corrected chi connectivity index (χ1v) is 5.40. The maximum atomic E-state index is 5.58. The summed E-state index contributed by atoms with van der Waals surface area (Å²) in [5.74, 6) is 1.10. The van der Waals surface area contributed by atoms with E-state index in [1.54, 1.807) is 13.4 Å². The van der Waals surface area contributed by atoms with Gasteiger partial charge in [0.1, 0.15) is 12.6 Å². The van der Waals surface area contributed by atoms with Crippen LogP contribution in [0.1, 0.15) is 31.1 Å². The summed E-state index contributed by atoms with van der Waals surface area (Å²) in [7, 11) is 1.64. The van der Waals surface area contributed by atoms with E-state index in [1.807, 2.05) is 0 Å². The van der Waals surface area contributed by atoms with Gasteiger partial charge in [-0.05, 0) is 30.9 Å². The Morgan fingerprint density at radius 2 is 2.40 bits per heavy atom. The molecule has 1 atom stereocenters. The van der Waals surface area contributed by atoms with E-state index in [0.717, 1.165) is 18.6 Å². The molecule has 0 fully saturated rings. The predicted molar refractivity (Wildman–Crippen MR) is 56.8 cm³/mol. The van der Waals surface area contributed by atoms with Gasteiger partial charge in [0, 0.05) is 12.5 Å². The summed E-state index contributed by atoms with van der Waals surface area (Å²) >= 11 is 0. The van der Waals surface area contributed by atoms with Gasteiger partial charge >= 0.3 is 0 Å². The zero-order valence-electron chi connectivity index (χ0n) is 9.41. The topological polar surface area (TPSA) is 31.6 Å². The van der Waals surface area contributed by atoms with E-state index < -0.39 is 0 Å². The lowest BCUT2D eigenvalue weighted by atomic mass is 9.76. The van der Waals surface area contributed by atoms with Gasteiger partial charge in [0.25, 0.3) is 0 Å². The molecule has 1 heterocycles. The van der Waals surface area contributed by atoms with E-state index in [1.165, 1.54) is 12.0 Å². The van der Waals surface area contributed by atoms with E-state index in [2.05, 4.69) is 13.0 Å². The SMILES string of the molecule is COCOC[C@@]1(C)CCCc2ccoc21. The molecule has 0 spiro atoms. The molecule has 0 saturated heterocycles. The predicted octanol–water partition coefficient (Wildman–Crippen LogP) is 2.49. The smallest absolute Gasteiger partial charge is 0.146 e. The average Bonchev–Trinajstić information content (AvgIpc) is 2.68. The molecule has 0 bridgehead atoms. The first-order valence-electron chi connectivity index (χ1n) is 5.40. The third-order valence-electron chi connectivity index (χ3n) is 3.09. The molecule has 3 heteroatoms. The summed E-state index contributed by atoms with van der Waals surface area (Å²) in [5.41, 5.74) is 1.36. The number of ether oxygens (including phenoxy) is 2. The lowest BCUT2D eigenvalue weighted by molar-refractivity contribution is -0.0522. The molecule has 3 nitrogen and oxygen atoms in total. The van der Waals surface area contributed by atoms with Crippen molar-refractivity contribution in [3.63, 3.8) is 0 Å². The highest BCUT2D eigenvalue weighted by atomic mass is 16.7. The molecule has 0 N–H and O–H groups in total. The zero-order chi connectivity index (χ0) is 10.7. The number of hydrogen-bond acceptors (Lipinski definition) is 3. The fraction of sp³-hybridized carbons (Fsp3) is 0.667. The molecule has 1 aromatic rings. The standard InChI is InChI=1S/C12H18O3/c1-12(8-14-9-13-2)6-3-4-10-5-7-15-11(10)12/h5,7H,3-4,6,8-9H2,1-2H3/t12-/m1/s1. The van der Waals surface area contributed by atoms with E-state index in [-0.39, 0.29) is 5.41 Å². The van der Waals surface area contributed by atoms with Crippen LogP contribution in [0.15, 0.2) is 16.7 Å². The first-order chi connectivity index (χ1) is 7.26. The molecule has 0 saturated carbocycles. The van der Waals surface area contributed by atoms with Gasteiger partial charge in [-0.25, -0.2) is 0 Å². The van der Waals surface area contributed by atoms with Crippen molar-refractivity contribution in [1.29, 1.82) is 0 Å². The van der Waals surface area contributed by atoms with Gasteiger partial charge in [-0.1, -0.05) is 6.92 Å². The maximum Gasteiger partial charge on any atom is 0.146 e. The summed E-state index contributed by atoms with van der Waals surface area (Å²) < 4.78 is 15.9. The van der Waals surface area contributed by atoms with Crippen molar-refractivity contribution >= 4 is 0 Å². The molecule has 0 unspecified atom stereocenters. The fourth-order valence-electron chi connectivity index (χ4n) is 2.33. The minimum atomic E-state index is 0.0234. The Morgan fingerprint density at radius 3 is 3.20 bits per heavy atom. The van der Waals surface area contributed by atoms with Crippen LogP contribution in [-0.2, 0) is 21.3 Å². The Labute approximate surface area is 90.4 Å². The molecule has 2 rings (SSSR count). The van der Waals surface area contributed by atoms with Crippen LogP contribution >= 0.6 is 0 Å². The Balaban J connectivity index is 2.09. The van der Waals surface area contributed by atoms with E-state index in [4.69, 9.17) is 13.9 Å². The van der Waals surface area contributed by atoms with Crippen LogP contribution in [0.25, 0.3) is 0 Å². The molecule has 0 radical (unpaired) electrons. The largest absolute Gasteiger partial charge is 0.468 e. The number of rotatable bonds is 4. The zero-order valence-corrected chi connectivity index (χ0v) is 9.41. The van der Waals surface area contributed by atoms with Crippen molar-refractivity contribution < 1.29 is 13.9 Å². The van der Waals surface area contributed by atoms with Crippen molar-refractivity contribution in [2.75, 3.05) is 20.5 Å². The van der Waals surface area contributed by atoms with Crippen molar-refractivity contribution in [2.45, 2.75) is 31.6 Å². The van der Waals surface area contributed by atoms with Crippen LogP contribution in [0.5, 0.6) is 0 Å². The van der Waals surface area contributed by atoms with Crippen LogP contribution in [0.2, 0.25) is 0 Å². The first kappa shape index (κ1) is 10.7. The summed E-state index contributed by atoms with van der Waals surface area (Å²) in [5, 5.41) is 0. The second kappa shape index (κ2) is 4.37. The molecule has 15 heavy (non-hydrogen) atoms. The highest BCUT2D eigenvalue weighted by Gasteiger charge is 2.35. The van der Waals surface area contributed by atoms with E-state index in [9.17, 15) is 0 Å². The third kappa shape index (κ3) is 2.08. The molecule has 0 aliphatic heterocycles. The molecule has 1 aliphatic rings. The average molecular weight is 210 g/mol. The minimum absolute atomic E-state index is 0.0234. The van der Waals surface area contributed by atoms with Crippen LogP contribution in [-0.4, -0.2) is 20.5 Å². The van der Waals surface area contributed by atoms with Gasteiger partial charge in [-0.2, -0.15) is 0 Å². The number of aryl methyl sites for hydroxylation is 1. The summed E-state index contributed by atoms with van der Waals surface area (Å²) in [6.07, 6.45) is 5.24. The number of methoxy groups -OCH3 is 1. The van der Waals surface area contributed by atoms with Gasteiger partial charge in [0.15, 0.2) is 0 Å². The molecule has 1 aromatic heterocycles. The van der Waals surface area contributed by atoms with Crippen LogP contribution in [0, 0.1) is 0 Å². The van der Waals surface area contributed by atoms with E-state index in [0.29, 0.717) is 13.4 Å². The molecular weight excluding hydrogens is 192 g/mol. The van der Waals surface area contributed by atoms with Crippen molar-refractivity contribution in [1.82, 2.24) is 0 Å². The van der Waals surface area contributed by atoms with Crippen molar-refractivity contribution in [3.05, 3.63) is 23.7 Å². The second-order valence-electron chi connectivity index (χ2n) is 4.44. The monoisotopic (exact) mass is 210 g/mol. The Bertz CT molecular complexity index is 318. The molecule has 1 aliphatic carbocycles. The number of fused-ring (bicyclic) bond motifs is 1. The second-order valence-corrected chi connectivity index (χ2v) is 4.44. The lowest BCUT2D eigenvalue weighted by Gasteiger charge is -2.31. The van der Waals surface area contributed by atoms with Gasteiger partial charge in [0.05, 0.1) is 12.9 Å². The maximum absolute atomic E-state index is 5.58. The Morgan fingerprint density at radius 1 is 1.53 bits per heavy atom. The normalized spacial score (nSPS) is 25.2. The van der Waals surface area contributed by atoms with Crippen molar-refractivity contribution in [3.8, 4) is 0 Å². The minimum Gasteiger partial charge on any atom is -0.468 e. The molecule has 84 valence electrons. The Hall–Kier alpha value is -0.800. The Kier molecular flexibility index (Phi) is 3.12. The van der Waals surface area contributed by atoms with Gasteiger partial charge in [0.2, 0.25) is 0 Å². The number of furan rings is 1. The van der Waals surface area contributed by atoms with Crippen LogP contribution in [0.3, 0.4) is 0 Å². The molecule has 0 aromatic carbocycles.